The van der Waals surface area contributed by atoms with Gasteiger partial charge in [-0.05, 0) is 12.5 Å². The smallest absolute Gasteiger partial charge is 0.147 e. The Bertz CT molecular complexity index is 379. The minimum absolute atomic E-state index is 0.397. The van der Waals surface area contributed by atoms with Gasteiger partial charge in [0.2, 0.25) is 0 Å². The van der Waals surface area contributed by atoms with E-state index in [0.29, 0.717) is 12.0 Å². The predicted octanol–water partition coefficient (Wildman–Crippen LogP) is 0.354. The predicted molar refractivity (Wildman–Crippen MR) is 73.8 cm³/mol. The first-order valence-electron chi connectivity index (χ1n) is 7.01. The molecule has 0 radical (unpaired) electrons. The molecule has 19 heavy (non-hydrogen) atoms. The first-order chi connectivity index (χ1) is 9.20. The molecule has 108 valence electrons. The Morgan fingerprint density at radius 2 is 2.21 bits per heavy atom. The van der Waals surface area contributed by atoms with Gasteiger partial charge < -0.3 is 14.6 Å². The maximum Gasteiger partial charge on any atom is 0.147 e. The average molecular weight is 267 g/mol. The summed E-state index contributed by atoms with van der Waals surface area (Å²) in [4.78, 5) is 2.43. The number of methoxy groups -OCH3 is 1. The van der Waals surface area contributed by atoms with Gasteiger partial charge in [-0.2, -0.15) is 0 Å². The number of nitrogens with one attached hydrogen (secondary N) is 1. The van der Waals surface area contributed by atoms with E-state index in [1.807, 2.05) is 6.33 Å². The van der Waals surface area contributed by atoms with Gasteiger partial charge in [-0.25, -0.2) is 0 Å². The molecule has 2 heterocycles. The van der Waals surface area contributed by atoms with Gasteiger partial charge in [0.1, 0.15) is 12.2 Å². The Morgan fingerprint density at radius 1 is 1.37 bits per heavy atom. The fourth-order valence-corrected chi connectivity index (χ4v) is 2.42. The minimum Gasteiger partial charge on any atom is -0.383 e. The number of aromatic nitrogens is 3. The van der Waals surface area contributed by atoms with E-state index in [-0.39, 0.29) is 0 Å². The monoisotopic (exact) mass is 267 g/mol. The zero-order valence-electron chi connectivity index (χ0n) is 12.2. The van der Waals surface area contributed by atoms with Crippen molar-refractivity contribution < 1.29 is 4.74 Å². The lowest BCUT2D eigenvalue weighted by molar-refractivity contribution is 0.0702. The molecule has 1 unspecified atom stereocenters. The van der Waals surface area contributed by atoms with Crippen molar-refractivity contribution in [3.63, 3.8) is 0 Å². The summed E-state index contributed by atoms with van der Waals surface area (Å²) >= 11 is 0. The standard InChI is InChI=1S/C13H25N5O/c1-11(2)6-14-7-12(9-19-3)17-4-5-18-10-15-16-13(18)8-17/h10-12,14H,4-9H2,1-3H3. The second-order valence-corrected chi connectivity index (χ2v) is 5.57. The molecule has 0 amide bonds. The molecule has 1 aromatic heterocycles. The Morgan fingerprint density at radius 3 is 2.95 bits per heavy atom. The summed E-state index contributed by atoms with van der Waals surface area (Å²) in [6.07, 6.45) is 1.81. The van der Waals surface area contributed by atoms with Gasteiger partial charge in [-0.1, -0.05) is 13.8 Å². The van der Waals surface area contributed by atoms with E-state index in [9.17, 15) is 0 Å². The second-order valence-electron chi connectivity index (χ2n) is 5.57. The normalized spacial score (nSPS) is 17.7. The molecule has 1 N–H and O–H groups in total. The zero-order chi connectivity index (χ0) is 13.7. The summed E-state index contributed by atoms with van der Waals surface area (Å²) in [6.45, 7) is 10.1. The van der Waals surface area contributed by atoms with Crippen molar-refractivity contribution >= 4 is 0 Å². The maximum atomic E-state index is 5.36. The van der Waals surface area contributed by atoms with E-state index in [1.54, 1.807) is 7.11 Å². The van der Waals surface area contributed by atoms with Crippen molar-refractivity contribution in [3.05, 3.63) is 12.2 Å². The van der Waals surface area contributed by atoms with Crippen LogP contribution in [0.1, 0.15) is 19.7 Å². The molecule has 0 fully saturated rings. The summed E-state index contributed by atoms with van der Waals surface area (Å²) in [6, 6.07) is 0.397. The molecule has 6 nitrogen and oxygen atoms in total. The van der Waals surface area contributed by atoms with Crippen molar-refractivity contribution in [2.24, 2.45) is 5.92 Å². The Hall–Kier alpha value is -0.980. The molecule has 0 aliphatic carbocycles. The molecule has 1 aliphatic rings. The Balaban J connectivity index is 1.88. The number of hydrogen-bond donors (Lipinski definition) is 1. The SMILES string of the molecule is COCC(CNCC(C)C)N1CCn2cnnc2C1. The topological polar surface area (TPSA) is 55.2 Å². The summed E-state index contributed by atoms with van der Waals surface area (Å²) in [5, 5.41) is 11.7. The van der Waals surface area contributed by atoms with E-state index in [1.165, 1.54) is 0 Å². The molecular weight excluding hydrogens is 242 g/mol. The van der Waals surface area contributed by atoms with Crippen LogP contribution in [0.25, 0.3) is 0 Å². The number of rotatable bonds is 7. The molecular formula is C13H25N5O. The lowest BCUT2D eigenvalue weighted by Gasteiger charge is -2.34. The molecule has 0 spiro atoms. The molecule has 0 saturated heterocycles. The van der Waals surface area contributed by atoms with Crippen LogP contribution in [0.15, 0.2) is 6.33 Å². The van der Waals surface area contributed by atoms with Crippen LogP contribution in [0.3, 0.4) is 0 Å². The number of ether oxygens (including phenoxy) is 1. The van der Waals surface area contributed by atoms with Crippen LogP contribution in [0.5, 0.6) is 0 Å². The highest BCUT2D eigenvalue weighted by Gasteiger charge is 2.24. The van der Waals surface area contributed by atoms with Crippen molar-refractivity contribution in [3.8, 4) is 0 Å². The van der Waals surface area contributed by atoms with Crippen LogP contribution in [0.4, 0.5) is 0 Å². The van der Waals surface area contributed by atoms with E-state index in [0.717, 1.165) is 45.2 Å². The highest BCUT2D eigenvalue weighted by molar-refractivity contribution is 4.92. The molecule has 0 aromatic carbocycles. The van der Waals surface area contributed by atoms with Gasteiger partial charge in [0.05, 0.1) is 13.2 Å². The van der Waals surface area contributed by atoms with Gasteiger partial charge in [-0.3, -0.25) is 4.90 Å². The van der Waals surface area contributed by atoms with Crippen LogP contribution < -0.4 is 5.32 Å². The van der Waals surface area contributed by atoms with Gasteiger partial charge in [-0.15, -0.1) is 10.2 Å². The lowest BCUT2D eigenvalue weighted by Crippen LogP contribution is -2.48. The highest BCUT2D eigenvalue weighted by Crippen LogP contribution is 2.12. The average Bonchev–Trinajstić information content (AvgIpc) is 2.84. The van der Waals surface area contributed by atoms with Crippen LogP contribution >= 0.6 is 0 Å². The van der Waals surface area contributed by atoms with Crippen molar-refractivity contribution in [1.29, 1.82) is 0 Å². The van der Waals surface area contributed by atoms with E-state index < -0.39 is 0 Å². The third-order valence-electron chi connectivity index (χ3n) is 3.48. The molecule has 1 aromatic rings. The first kappa shape index (κ1) is 14.4. The van der Waals surface area contributed by atoms with E-state index in [2.05, 4.69) is 38.8 Å². The number of nitrogens with zero attached hydrogens (tertiary/aromatic N) is 4. The molecule has 2 rings (SSSR count). The first-order valence-corrected chi connectivity index (χ1v) is 7.01. The van der Waals surface area contributed by atoms with Crippen molar-refractivity contribution in [2.45, 2.75) is 33.0 Å². The number of fused-ring (bicyclic) bond motifs is 1. The van der Waals surface area contributed by atoms with Crippen LogP contribution in [-0.2, 0) is 17.8 Å². The van der Waals surface area contributed by atoms with Crippen molar-refractivity contribution in [2.75, 3.05) is 33.4 Å². The van der Waals surface area contributed by atoms with Gasteiger partial charge in [0.25, 0.3) is 0 Å². The Labute approximate surface area is 115 Å². The minimum atomic E-state index is 0.397. The van der Waals surface area contributed by atoms with Gasteiger partial charge >= 0.3 is 0 Å². The Kier molecular flexibility index (Phi) is 5.30. The van der Waals surface area contributed by atoms with Crippen LogP contribution in [0, 0.1) is 5.92 Å². The van der Waals surface area contributed by atoms with Gasteiger partial charge in [0.15, 0.2) is 0 Å². The summed E-state index contributed by atoms with van der Waals surface area (Å²) in [5.74, 6) is 1.73. The lowest BCUT2D eigenvalue weighted by atomic mass is 10.2. The summed E-state index contributed by atoms with van der Waals surface area (Å²) in [5.41, 5.74) is 0. The molecule has 1 aliphatic heterocycles. The molecule has 0 bridgehead atoms. The fraction of sp³-hybridized carbons (Fsp3) is 0.846. The maximum absolute atomic E-state index is 5.36. The second kappa shape index (κ2) is 6.98. The third kappa shape index (κ3) is 3.99. The number of hydrogen-bond acceptors (Lipinski definition) is 5. The van der Waals surface area contributed by atoms with E-state index in [4.69, 9.17) is 4.74 Å². The fourth-order valence-electron chi connectivity index (χ4n) is 2.42. The summed E-state index contributed by atoms with van der Waals surface area (Å²) in [7, 11) is 1.77. The highest BCUT2D eigenvalue weighted by atomic mass is 16.5. The molecule has 1 atom stereocenters. The van der Waals surface area contributed by atoms with E-state index >= 15 is 0 Å². The third-order valence-corrected chi connectivity index (χ3v) is 3.48. The van der Waals surface area contributed by atoms with Gasteiger partial charge in [0, 0.05) is 32.8 Å². The molecule has 6 heteroatoms. The van der Waals surface area contributed by atoms with Crippen LogP contribution in [0.2, 0.25) is 0 Å². The zero-order valence-corrected chi connectivity index (χ0v) is 12.2. The van der Waals surface area contributed by atoms with Crippen LogP contribution in [-0.4, -0.2) is 59.1 Å². The quantitative estimate of drug-likeness (QED) is 0.773. The summed E-state index contributed by atoms with van der Waals surface area (Å²) < 4.78 is 7.49. The molecule has 0 saturated carbocycles. The largest absolute Gasteiger partial charge is 0.383 e. The van der Waals surface area contributed by atoms with Crippen molar-refractivity contribution in [1.82, 2.24) is 25.0 Å².